The van der Waals surface area contributed by atoms with Crippen LogP contribution in [0.25, 0.3) is 0 Å². The Kier molecular flexibility index (Phi) is 4.73. The van der Waals surface area contributed by atoms with Crippen LogP contribution in [0.5, 0.6) is 0 Å². The van der Waals surface area contributed by atoms with Crippen LogP contribution in [0.1, 0.15) is 29.8 Å². The van der Waals surface area contributed by atoms with E-state index in [1.165, 1.54) is 7.11 Å². The molecule has 5 nitrogen and oxygen atoms in total. The molecule has 2 rings (SSSR count). The van der Waals surface area contributed by atoms with Gasteiger partial charge in [0, 0.05) is 37.1 Å². The van der Waals surface area contributed by atoms with Gasteiger partial charge in [0.2, 0.25) is 0 Å². The molecule has 21 heavy (non-hydrogen) atoms. The van der Waals surface area contributed by atoms with Crippen molar-refractivity contribution in [2.45, 2.75) is 26.8 Å². The molecule has 0 spiro atoms. The smallest absolute Gasteiger partial charge is 0.340 e. The summed E-state index contributed by atoms with van der Waals surface area (Å²) in [6.45, 7) is 10.4. The number of rotatable bonds is 3. The first kappa shape index (κ1) is 15.6. The highest BCUT2D eigenvalue weighted by Gasteiger charge is 2.24. The van der Waals surface area contributed by atoms with Crippen molar-refractivity contribution in [3.63, 3.8) is 0 Å². The van der Waals surface area contributed by atoms with E-state index in [1.807, 2.05) is 13.0 Å². The molecule has 1 aliphatic heterocycles. The number of nitrogens with zero attached hydrogens (tertiary/aromatic N) is 2. The minimum Gasteiger partial charge on any atom is -0.465 e. The lowest BCUT2D eigenvalue weighted by molar-refractivity contribution is 0.0602. The molecule has 1 saturated heterocycles. The maximum absolute atomic E-state index is 11.9. The number of carbonyl (C=O) groups excluding carboxylic acids is 1. The van der Waals surface area contributed by atoms with E-state index in [0.717, 1.165) is 37.4 Å². The Balaban J connectivity index is 2.29. The molecule has 1 aliphatic rings. The van der Waals surface area contributed by atoms with Gasteiger partial charge >= 0.3 is 5.97 Å². The molecular formula is C16H25N3O2. The monoisotopic (exact) mass is 291 g/mol. The molecule has 1 fully saturated rings. The SMILES string of the molecule is CCN1CCN(c2cc(C)c(N)c(C(=O)OC)c2)CC1C. The van der Waals surface area contributed by atoms with Gasteiger partial charge in [0.1, 0.15) is 0 Å². The van der Waals surface area contributed by atoms with E-state index in [1.54, 1.807) is 0 Å². The minimum absolute atomic E-state index is 0.377. The summed E-state index contributed by atoms with van der Waals surface area (Å²) >= 11 is 0. The Morgan fingerprint density at radius 1 is 1.43 bits per heavy atom. The lowest BCUT2D eigenvalue weighted by atomic mass is 10.0. The number of aryl methyl sites for hydroxylation is 1. The summed E-state index contributed by atoms with van der Waals surface area (Å²) in [5.74, 6) is -0.377. The molecule has 1 atom stereocenters. The number of nitrogens with two attached hydrogens (primary N) is 1. The number of ether oxygens (including phenoxy) is 1. The molecule has 0 radical (unpaired) electrons. The Morgan fingerprint density at radius 2 is 2.14 bits per heavy atom. The first-order valence-electron chi connectivity index (χ1n) is 7.45. The summed E-state index contributed by atoms with van der Waals surface area (Å²) in [5, 5.41) is 0. The number of nitrogen functional groups attached to an aromatic ring is 1. The number of hydrogen-bond acceptors (Lipinski definition) is 5. The largest absolute Gasteiger partial charge is 0.465 e. The summed E-state index contributed by atoms with van der Waals surface area (Å²) in [7, 11) is 1.38. The maximum Gasteiger partial charge on any atom is 0.340 e. The Hall–Kier alpha value is -1.75. The third-order valence-corrected chi connectivity index (χ3v) is 4.31. The molecular weight excluding hydrogens is 266 g/mol. The van der Waals surface area contributed by atoms with Gasteiger partial charge in [0.05, 0.1) is 12.7 Å². The van der Waals surface area contributed by atoms with E-state index in [0.29, 0.717) is 17.3 Å². The molecule has 1 heterocycles. The van der Waals surface area contributed by atoms with Gasteiger partial charge in [-0.15, -0.1) is 0 Å². The van der Waals surface area contributed by atoms with Crippen molar-refractivity contribution in [3.05, 3.63) is 23.3 Å². The van der Waals surface area contributed by atoms with Crippen LogP contribution in [-0.4, -0.2) is 50.2 Å². The fourth-order valence-corrected chi connectivity index (χ4v) is 2.94. The molecule has 0 amide bonds. The van der Waals surface area contributed by atoms with E-state index < -0.39 is 0 Å². The zero-order valence-corrected chi connectivity index (χ0v) is 13.3. The lowest BCUT2D eigenvalue weighted by Gasteiger charge is -2.40. The summed E-state index contributed by atoms with van der Waals surface area (Å²) in [5.41, 5.74) is 8.92. The summed E-state index contributed by atoms with van der Waals surface area (Å²) in [4.78, 5) is 16.6. The van der Waals surface area contributed by atoms with E-state index in [4.69, 9.17) is 10.5 Å². The maximum atomic E-state index is 11.9. The van der Waals surface area contributed by atoms with E-state index in [9.17, 15) is 4.79 Å². The van der Waals surface area contributed by atoms with Crippen molar-refractivity contribution in [1.29, 1.82) is 0 Å². The second-order valence-corrected chi connectivity index (χ2v) is 5.64. The second-order valence-electron chi connectivity index (χ2n) is 5.64. The van der Waals surface area contributed by atoms with Gasteiger partial charge < -0.3 is 15.4 Å². The zero-order valence-electron chi connectivity index (χ0n) is 13.3. The van der Waals surface area contributed by atoms with Gasteiger partial charge in [-0.25, -0.2) is 4.79 Å². The van der Waals surface area contributed by atoms with Crippen LogP contribution in [-0.2, 0) is 4.74 Å². The summed E-state index contributed by atoms with van der Waals surface area (Å²) in [6, 6.07) is 4.40. The minimum atomic E-state index is -0.377. The molecule has 0 saturated carbocycles. The number of benzene rings is 1. The molecule has 2 N–H and O–H groups in total. The number of methoxy groups -OCH3 is 1. The number of esters is 1. The highest BCUT2D eigenvalue weighted by molar-refractivity contribution is 5.97. The van der Waals surface area contributed by atoms with Crippen molar-refractivity contribution >= 4 is 17.3 Å². The van der Waals surface area contributed by atoms with Crippen LogP contribution >= 0.6 is 0 Å². The standard InChI is InChI=1S/C16H25N3O2/c1-5-18-6-7-19(10-12(18)3)13-8-11(2)15(17)14(9-13)16(20)21-4/h8-9,12H,5-7,10,17H2,1-4H3. The van der Waals surface area contributed by atoms with Gasteiger partial charge in [0.25, 0.3) is 0 Å². The van der Waals surface area contributed by atoms with Gasteiger partial charge in [-0.05, 0) is 38.1 Å². The number of hydrogen-bond donors (Lipinski definition) is 1. The van der Waals surface area contributed by atoms with Crippen LogP contribution < -0.4 is 10.6 Å². The van der Waals surface area contributed by atoms with E-state index >= 15 is 0 Å². The first-order valence-corrected chi connectivity index (χ1v) is 7.45. The van der Waals surface area contributed by atoms with Gasteiger partial charge in [-0.2, -0.15) is 0 Å². The lowest BCUT2D eigenvalue weighted by Crippen LogP contribution is -2.51. The molecule has 0 aliphatic carbocycles. The summed E-state index contributed by atoms with van der Waals surface area (Å²) < 4.78 is 4.82. The molecule has 116 valence electrons. The Labute approximate surface area is 126 Å². The van der Waals surface area contributed by atoms with Crippen molar-refractivity contribution in [2.24, 2.45) is 0 Å². The van der Waals surface area contributed by atoms with Crippen molar-refractivity contribution < 1.29 is 9.53 Å². The van der Waals surface area contributed by atoms with Crippen LogP contribution in [0, 0.1) is 6.92 Å². The highest BCUT2D eigenvalue weighted by atomic mass is 16.5. The fourth-order valence-electron chi connectivity index (χ4n) is 2.94. The van der Waals surface area contributed by atoms with Crippen molar-refractivity contribution in [3.8, 4) is 0 Å². The number of likely N-dealkylation sites (N-methyl/N-ethyl adjacent to an activating group) is 1. The molecule has 1 unspecified atom stereocenters. The van der Waals surface area contributed by atoms with E-state index in [2.05, 4.69) is 29.7 Å². The van der Waals surface area contributed by atoms with Crippen LogP contribution in [0.3, 0.4) is 0 Å². The summed E-state index contributed by atoms with van der Waals surface area (Å²) in [6.07, 6.45) is 0. The molecule has 1 aromatic carbocycles. The molecule has 0 bridgehead atoms. The topological polar surface area (TPSA) is 58.8 Å². The average Bonchev–Trinajstić information content (AvgIpc) is 2.49. The van der Waals surface area contributed by atoms with Crippen LogP contribution in [0.15, 0.2) is 12.1 Å². The predicted octanol–water partition coefficient (Wildman–Crippen LogP) is 1.89. The Morgan fingerprint density at radius 3 is 2.71 bits per heavy atom. The van der Waals surface area contributed by atoms with Crippen LogP contribution in [0.4, 0.5) is 11.4 Å². The number of piperazine rings is 1. The predicted molar refractivity (Wildman–Crippen MR) is 85.9 cm³/mol. The van der Waals surface area contributed by atoms with Gasteiger partial charge in [-0.3, -0.25) is 4.90 Å². The van der Waals surface area contributed by atoms with Crippen molar-refractivity contribution in [2.75, 3.05) is 43.9 Å². The molecule has 1 aromatic rings. The quantitative estimate of drug-likeness (QED) is 0.681. The average molecular weight is 291 g/mol. The van der Waals surface area contributed by atoms with Gasteiger partial charge in [-0.1, -0.05) is 6.92 Å². The molecule has 0 aromatic heterocycles. The first-order chi connectivity index (χ1) is 9.97. The second kappa shape index (κ2) is 6.35. The number of carbonyl (C=O) groups is 1. The normalized spacial score (nSPS) is 19.6. The Bertz CT molecular complexity index is 530. The zero-order chi connectivity index (χ0) is 15.6. The third kappa shape index (κ3) is 3.13. The van der Waals surface area contributed by atoms with Crippen molar-refractivity contribution in [1.82, 2.24) is 4.90 Å². The van der Waals surface area contributed by atoms with Crippen LogP contribution in [0.2, 0.25) is 0 Å². The third-order valence-electron chi connectivity index (χ3n) is 4.31. The van der Waals surface area contributed by atoms with E-state index in [-0.39, 0.29) is 5.97 Å². The fraction of sp³-hybridized carbons (Fsp3) is 0.562. The highest BCUT2D eigenvalue weighted by Crippen LogP contribution is 2.27. The number of anilines is 2. The van der Waals surface area contributed by atoms with Gasteiger partial charge in [0.15, 0.2) is 0 Å². The molecule has 5 heteroatoms.